The first-order chi connectivity index (χ1) is 7.34. The van der Waals surface area contributed by atoms with Crippen molar-refractivity contribution < 1.29 is 30.0 Å². The van der Waals surface area contributed by atoms with Crippen LogP contribution in [0.25, 0.3) is 0 Å². The molecule has 1 rings (SSSR count). The van der Waals surface area contributed by atoms with E-state index < -0.39 is 42.7 Å². The molecule has 0 amide bonds. The number of carboxylic acid groups (broad SMARTS) is 1. The number of nitrogens with one attached hydrogen (secondary N) is 1. The first-order valence-corrected chi connectivity index (χ1v) is 5.03. The average molecular weight is 235 g/mol. The van der Waals surface area contributed by atoms with E-state index >= 15 is 0 Å². The molecule has 7 nitrogen and oxygen atoms in total. The zero-order valence-electron chi connectivity index (χ0n) is 9.07. The van der Waals surface area contributed by atoms with Crippen molar-refractivity contribution >= 4 is 5.97 Å². The molecule has 5 N–H and O–H groups in total. The van der Waals surface area contributed by atoms with Crippen LogP contribution in [0.4, 0.5) is 0 Å². The molecule has 1 unspecified atom stereocenters. The van der Waals surface area contributed by atoms with Crippen LogP contribution >= 0.6 is 0 Å². The van der Waals surface area contributed by atoms with Crippen LogP contribution < -0.4 is 5.32 Å². The van der Waals surface area contributed by atoms with Crippen LogP contribution in [0, 0.1) is 0 Å². The molecule has 0 aromatic heterocycles. The minimum Gasteiger partial charge on any atom is -0.480 e. The van der Waals surface area contributed by atoms with Gasteiger partial charge in [-0.1, -0.05) is 0 Å². The SMILES string of the molecule is C[C@H](NC1O[C@@H](C)[C@H](O)[C@@H](O)[C@H]1O)C(=O)O. The number of aliphatic carboxylic acids is 1. The number of hydrogen-bond acceptors (Lipinski definition) is 6. The molecule has 1 fully saturated rings. The number of aliphatic hydroxyl groups excluding tert-OH is 3. The van der Waals surface area contributed by atoms with E-state index in [1.54, 1.807) is 0 Å². The maximum absolute atomic E-state index is 10.6. The van der Waals surface area contributed by atoms with Crippen LogP contribution in [0.2, 0.25) is 0 Å². The zero-order chi connectivity index (χ0) is 12.5. The minimum absolute atomic E-state index is 0.683. The summed E-state index contributed by atoms with van der Waals surface area (Å²) in [5, 5.41) is 39.6. The van der Waals surface area contributed by atoms with Gasteiger partial charge in [0.25, 0.3) is 0 Å². The van der Waals surface area contributed by atoms with E-state index in [0.29, 0.717) is 0 Å². The van der Waals surface area contributed by atoms with Gasteiger partial charge in [0.2, 0.25) is 0 Å². The second-order valence-corrected chi connectivity index (χ2v) is 3.96. The molecule has 6 atom stereocenters. The van der Waals surface area contributed by atoms with Gasteiger partial charge in [-0.15, -0.1) is 0 Å². The Morgan fingerprint density at radius 2 is 1.81 bits per heavy atom. The lowest BCUT2D eigenvalue weighted by Gasteiger charge is -2.40. The van der Waals surface area contributed by atoms with E-state index in [-0.39, 0.29) is 0 Å². The highest BCUT2D eigenvalue weighted by atomic mass is 16.5. The maximum Gasteiger partial charge on any atom is 0.320 e. The van der Waals surface area contributed by atoms with Gasteiger partial charge in [-0.2, -0.15) is 0 Å². The molecule has 0 aromatic rings. The number of ether oxygens (including phenoxy) is 1. The summed E-state index contributed by atoms with van der Waals surface area (Å²) in [5.41, 5.74) is 0. The van der Waals surface area contributed by atoms with Crippen molar-refractivity contribution in [3.8, 4) is 0 Å². The van der Waals surface area contributed by atoms with Gasteiger partial charge >= 0.3 is 5.97 Å². The third kappa shape index (κ3) is 2.69. The largest absolute Gasteiger partial charge is 0.480 e. The Bertz CT molecular complexity index is 260. The molecule has 1 aliphatic rings. The standard InChI is InChI=1S/C9H17NO6/c1-3(9(14)15)10-8-7(13)6(12)5(11)4(2)16-8/h3-8,10-13H,1-2H3,(H,14,15)/t3-,4-,5-,6+,7+,8?/m0/s1. The molecule has 7 heteroatoms. The highest BCUT2D eigenvalue weighted by molar-refractivity contribution is 5.72. The second kappa shape index (κ2) is 5.07. The summed E-state index contributed by atoms with van der Waals surface area (Å²) >= 11 is 0. The number of carboxylic acids is 1. The lowest BCUT2D eigenvalue weighted by Crippen LogP contribution is -2.62. The molecular formula is C9H17NO6. The molecule has 16 heavy (non-hydrogen) atoms. The average Bonchev–Trinajstić information content (AvgIpc) is 2.22. The smallest absolute Gasteiger partial charge is 0.320 e. The summed E-state index contributed by atoms with van der Waals surface area (Å²) in [6, 6.07) is -0.922. The van der Waals surface area contributed by atoms with Crippen LogP contribution in [0.5, 0.6) is 0 Å². The number of hydrogen-bond donors (Lipinski definition) is 5. The Morgan fingerprint density at radius 3 is 2.31 bits per heavy atom. The van der Waals surface area contributed by atoms with E-state index in [2.05, 4.69) is 5.32 Å². The van der Waals surface area contributed by atoms with Crippen molar-refractivity contribution in [1.82, 2.24) is 5.32 Å². The Kier molecular flexibility index (Phi) is 4.22. The Labute approximate surface area is 92.7 Å². The third-order valence-corrected chi connectivity index (χ3v) is 2.64. The van der Waals surface area contributed by atoms with Crippen molar-refractivity contribution in [3.05, 3.63) is 0 Å². The Morgan fingerprint density at radius 1 is 1.25 bits per heavy atom. The first-order valence-electron chi connectivity index (χ1n) is 5.03. The molecule has 1 saturated heterocycles. The van der Waals surface area contributed by atoms with E-state index in [0.717, 1.165) is 0 Å². The number of carbonyl (C=O) groups is 1. The molecule has 0 aliphatic carbocycles. The summed E-state index contributed by atoms with van der Waals surface area (Å²) in [6.07, 6.45) is -5.61. The van der Waals surface area contributed by atoms with Crippen LogP contribution in [0.1, 0.15) is 13.8 Å². The predicted molar refractivity (Wildman–Crippen MR) is 52.6 cm³/mol. The Hall–Kier alpha value is -0.730. The van der Waals surface area contributed by atoms with Crippen molar-refractivity contribution in [3.63, 3.8) is 0 Å². The van der Waals surface area contributed by atoms with Gasteiger partial charge in [0, 0.05) is 0 Å². The Balaban J connectivity index is 2.63. The van der Waals surface area contributed by atoms with Crippen molar-refractivity contribution in [2.75, 3.05) is 0 Å². The summed E-state index contributed by atoms with van der Waals surface area (Å²) in [6.45, 7) is 2.92. The van der Waals surface area contributed by atoms with Gasteiger partial charge in [0.1, 0.15) is 30.6 Å². The van der Waals surface area contributed by atoms with E-state index in [9.17, 15) is 20.1 Å². The molecule has 0 radical (unpaired) electrons. The number of rotatable bonds is 3. The highest BCUT2D eigenvalue weighted by Crippen LogP contribution is 2.19. The monoisotopic (exact) mass is 235 g/mol. The van der Waals surface area contributed by atoms with Crippen molar-refractivity contribution in [1.29, 1.82) is 0 Å². The van der Waals surface area contributed by atoms with Crippen LogP contribution in [-0.4, -0.2) is 63.1 Å². The maximum atomic E-state index is 10.6. The summed E-state index contributed by atoms with van der Waals surface area (Å²) in [4.78, 5) is 10.6. The van der Waals surface area contributed by atoms with Crippen LogP contribution in [0.3, 0.4) is 0 Å². The van der Waals surface area contributed by atoms with Crippen molar-refractivity contribution in [2.45, 2.75) is 50.5 Å². The lowest BCUT2D eigenvalue weighted by atomic mass is 9.99. The summed E-state index contributed by atoms with van der Waals surface area (Å²) < 4.78 is 5.17. The molecule has 0 saturated carbocycles. The van der Waals surface area contributed by atoms with Crippen LogP contribution in [0.15, 0.2) is 0 Å². The normalized spacial score (nSPS) is 41.7. The molecular weight excluding hydrogens is 218 g/mol. The van der Waals surface area contributed by atoms with E-state index in [1.807, 2.05) is 0 Å². The topological polar surface area (TPSA) is 119 Å². The van der Waals surface area contributed by atoms with Crippen LogP contribution in [-0.2, 0) is 9.53 Å². The molecule has 94 valence electrons. The molecule has 1 heterocycles. The third-order valence-electron chi connectivity index (χ3n) is 2.64. The number of aliphatic hydroxyl groups is 3. The van der Waals surface area contributed by atoms with E-state index in [4.69, 9.17) is 9.84 Å². The molecule has 0 aromatic carbocycles. The van der Waals surface area contributed by atoms with Gasteiger partial charge in [-0.3, -0.25) is 10.1 Å². The minimum atomic E-state index is -1.37. The summed E-state index contributed by atoms with van der Waals surface area (Å²) in [7, 11) is 0. The second-order valence-electron chi connectivity index (χ2n) is 3.96. The first kappa shape index (κ1) is 13.3. The molecule has 1 aliphatic heterocycles. The van der Waals surface area contributed by atoms with E-state index in [1.165, 1.54) is 13.8 Å². The zero-order valence-corrected chi connectivity index (χ0v) is 9.07. The highest BCUT2D eigenvalue weighted by Gasteiger charge is 2.42. The van der Waals surface area contributed by atoms with Gasteiger partial charge in [0.05, 0.1) is 6.10 Å². The summed E-state index contributed by atoms with van der Waals surface area (Å²) in [5.74, 6) is -1.09. The fourth-order valence-electron chi connectivity index (χ4n) is 1.51. The fraction of sp³-hybridized carbons (Fsp3) is 0.889. The lowest BCUT2D eigenvalue weighted by molar-refractivity contribution is -0.226. The van der Waals surface area contributed by atoms with Gasteiger partial charge < -0.3 is 25.2 Å². The predicted octanol–water partition coefficient (Wildman–Crippen LogP) is -2.12. The molecule has 0 bridgehead atoms. The van der Waals surface area contributed by atoms with Gasteiger partial charge in [-0.05, 0) is 13.8 Å². The quantitative estimate of drug-likeness (QED) is 0.379. The van der Waals surface area contributed by atoms with Gasteiger partial charge in [0.15, 0.2) is 0 Å². The molecule has 0 spiro atoms. The van der Waals surface area contributed by atoms with Crippen molar-refractivity contribution in [2.24, 2.45) is 0 Å². The fourth-order valence-corrected chi connectivity index (χ4v) is 1.51. The van der Waals surface area contributed by atoms with Gasteiger partial charge in [-0.25, -0.2) is 0 Å².